The van der Waals surface area contributed by atoms with Crippen LogP contribution < -0.4 is 14.8 Å². The van der Waals surface area contributed by atoms with Gasteiger partial charge in [0.05, 0.1) is 29.5 Å². The number of nitro groups is 1. The molecule has 1 heterocycles. The fourth-order valence-electron chi connectivity index (χ4n) is 2.23. The third kappa shape index (κ3) is 4.34. The Morgan fingerprint density at radius 3 is 2.85 bits per heavy atom. The SMILES string of the molecule is COc1cc([N+](=O)[O-])ccc1NC(=O)COc1cccc(-n2cnnn2)c1. The Morgan fingerprint density at radius 1 is 1.30 bits per heavy atom. The first-order valence-electron chi connectivity index (χ1n) is 7.65. The van der Waals surface area contributed by atoms with Crippen LogP contribution >= 0.6 is 0 Å². The van der Waals surface area contributed by atoms with Crippen molar-refractivity contribution in [3.63, 3.8) is 0 Å². The van der Waals surface area contributed by atoms with Gasteiger partial charge in [-0.15, -0.1) is 5.10 Å². The van der Waals surface area contributed by atoms with E-state index in [1.165, 1.54) is 36.3 Å². The number of nitrogens with zero attached hydrogens (tertiary/aromatic N) is 5. The van der Waals surface area contributed by atoms with Crippen LogP contribution in [0.3, 0.4) is 0 Å². The minimum Gasteiger partial charge on any atom is -0.494 e. The molecule has 2 aromatic carbocycles. The molecule has 11 heteroatoms. The highest BCUT2D eigenvalue weighted by atomic mass is 16.6. The summed E-state index contributed by atoms with van der Waals surface area (Å²) in [6, 6.07) is 10.8. The van der Waals surface area contributed by atoms with Crippen molar-refractivity contribution in [2.75, 3.05) is 19.0 Å². The summed E-state index contributed by atoms with van der Waals surface area (Å²) in [6.45, 7) is -0.265. The number of amides is 1. The van der Waals surface area contributed by atoms with Crippen LogP contribution in [0.1, 0.15) is 0 Å². The van der Waals surface area contributed by atoms with Gasteiger partial charge >= 0.3 is 0 Å². The lowest BCUT2D eigenvalue weighted by Crippen LogP contribution is -2.20. The summed E-state index contributed by atoms with van der Waals surface area (Å²) in [4.78, 5) is 22.4. The zero-order chi connectivity index (χ0) is 19.2. The van der Waals surface area contributed by atoms with E-state index in [9.17, 15) is 14.9 Å². The molecule has 27 heavy (non-hydrogen) atoms. The maximum atomic E-state index is 12.1. The van der Waals surface area contributed by atoms with Crippen molar-refractivity contribution < 1.29 is 19.2 Å². The van der Waals surface area contributed by atoms with Crippen molar-refractivity contribution in [1.82, 2.24) is 20.2 Å². The van der Waals surface area contributed by atoms with Gasteiger partial charge in [0.2, 0.25) is 0 Å². The number of non-ortho nitro benzene ring substituents is 1. The van der Waals surface area contributed by atoms with E-state index in [2.05, 4.69) is 20.8 Å². The fourth-order valence-corrected chi connectivity index (χ4v) is 2.23. The Bertz CT molecular complexity index is 960. The van der Waals surface area contributed by atoms with Crippen molar-refractivity contribution in [1.29, 1.82) is 0 Å². The number of nitro benzene ring substituents is 1. The Kier molecular flexibility index (Phi) is 5.21. The van der Waals surface area contributed by atoms with Gasteiger partial charge in [0, 0.05) is 12.1 Å². The molecule has 0 fully saturated rings. The molecule has 11 nitrogen and oxygen atoms in total. The topological polar surface area (TPSA) is 134 Å². The van der Waals surface area contributed by atoms with Gasteiger partial charge in [-0.05, 0) is 28.6 Å². The summed E-state index contributed by atoms with van der Waals surface area (Å²) in [5.74, 6) is 0.182. The lowest BCUT2D eigenvalue weighted by atomic mass is 10.2. The standard InChI is InChI=1S/C16H14N6O5/c1-26-15-8-12(22(24)25)5-6-14(15)18-16(23)9-27-13-4-2-3-11(7-13)21-10-17-19-20-21/h2-8,10H,9H2,1H3,(H,18,23). The van der Waals surface area contributed by atoms with E-state index in [0.29, 0.717) is 17.1 Å². The van der Waals surface area contributed by atoms with E-state index in [0.717, 1.165) is 0 Å². The third-order valence-corrected chi connectivity index (χ3v) is 3.47. The number of rotatable bonds is 7. The quantitative estimate of drug-likeness (QED) is 0.489. The molecule has 0 radical (unpaired) electrons. The first kappa shape index (κ1) is 17.8. The van der Waals surface area contributed by atoms with Crippen LogP contribution in [0.25, 0.3) is 5.69 Å². The van der Waals surface area contributed by atoms with Crippen LogP contribution in [0.5, 0.6) is 11.5 Å². The monoisotopic (exact) mass is 370 g/mol. The molecule has 0 saturated carbocycles. The Labute approximate surface area is 152 Å². The number of ether oxygens (including phenoxy) is 2. The van der Waals surface area contributed by atoms with E-state index in [4.69, 9.17) is 9.47 Å². The van der Waals surface area contributed by atoms with Gasteiger partial charge in [-0.2, -0.15) is 0 Å². The molecule has 1 N–H and O–H groups in total. The van der Waals surface area contributed by atoms with Crippen LogP contribution in [0, 0.1) is 10.1 Å². The lowest BCUT2D eigenvalue weighted by Gasteiger charge is -2.11. The molecule has 0 saturated heterocycles. The largest absolute Gasteiger partial charge is 0.494 e. The highest BCUT2D eigenvalue weighted by Gasteiger charge is 2.14. The zero-order valence-electron chi connectivity index (χ0n) is 14.1. The number of hydrogen-bond donors (Lipinski definition) is 1. The molecule has 0 aliphatic carbocycles. The van der Waals surface area contributed by atoms with Crippen LogP contribution in [0.15, 0.2) is 48.8 Å². The van der Waals surface area contributed by atoms with Crippen molar-refractivity contribution in [3.05, 3.63) is 58.9 Å². The number of anilines is 1. The van der Waals surface area contributed by atoms with Crippen molar-refractivity contribution in [2.24, 2.45) is 0 Å². The summed E-state index contributed by atoms with van der Waals surface area (Å²) in [5.41, 5.74) is 0.842. The highest BCUT2D eigenvalue weighted by molar-refractivity contribution is 5.93. The molecule has 3 rings (SSSR count). The molecule has 0 unspecified atom stereocenters. The number of tetrazole rings is 1. The van der Waals surface area contributed by atoms with Crippen molar-refractivity contribution in [3.8, 4) is 17.2 Å². The van der Waals surface area contributed by atoms with Crippen molar-refractivity contribution in [2.45, 2.75) is 0 Å². The molecule has 0 bridgehead atoms. The molecule has 1 aromatic heterocycles. The van der Waals surface area contributed by atoms with Crippen LogP contribution in [0.2, 0.25) is 0 Å². The fraction of sp³-hybridized carbons (Fsp3) is 0.125. The third-order valence-electron chi connectivity index (χ3n) is 3.47. The van der Waals surface area contributed by atoms with E-state index in [1.54, 1.807) is 24.3 Å². The van der Waals surface area contributed by atoms with Crippen LogP contribution in [-0.4, -0.2) is 44.8 Å². The second-order valence-electron chi connectivity index (χ2n) is 5.23. The number of nitrogens with one attached hydrogen (secondary N) is 1. The van der Waals surface area contributed by atoms with Gasteiger partial charge in [0.1, 0.15) is 17.8 Å². The summed E-state index contributed by atoms with van der Waals surface area (Å²) >= 11 is 0. The van der Waals surface area contributed by atoms with E-state index in [-0.39, 0.29) is 18.0 Å². The molecular weight excluding hydrogens is 356 g/mol. The number of hydrogen-bond acceptors (Lipinski definition) is 8. The molecule has 0 atom stereocenters. The highest BCUT2D eigenvalue weighted by Crippen LogP contribution is 2.29. The van der Waals surface area contributed by atoms with E-state index < -0.39 is 10.8 Å². The summed E-state index contributed by atoms with van der Waals surface area (Å²) < 4.78 is 12.0. The van der Waals surface area contributed by atoms with E-state index in [1.807, 2.05) is 0 Å². The Hall–Kier alpha value is -4.02. The lowest BCUT2D eigenvalue weighted by molar-refractivity contribution is -0.384. The first-order chi connectivity index (χ1) is 13.1. The molecule has 138 valence electrons. The van der Waals surface area contributed by atoms with Gasteiger partial charge in [-0.25, -0.2) is 4.68 Å². The Morgan fingerprint density at radius 2 is 2.15 bits per heavy atom. The minimum atomic E-state index is -0.547. The van der Waals surface area contributed by atoms with Crippen LogP contribution in [0.4, 0.5) is 11.4 Å². The number of aromatic nitrogens is 4. The maximum absolute atomic E-state index is 12.1. The molecular formula is C16H14N6O5. The molecule has 0 aliphatic heterocycles. The number of carbonyl (C=O) groups excluding carboxylic acids is 1. The first-order valence-corrected chi connectivity index (χ1v) is 7.65. The maximum Gasteiger partial charge on any atom is 0.273 e. The van der Waals surface area contributed by atoms with Gasteiger partial charge in [-0.1, -0.05) is 6.07 Å². The average molecular weight is 370 g/mol. The predicted molar refractivity (Wildman–Crippen MR) is 92.9 cm³/mol. The van der Waals surface area contributed by atoms with Crippen molar-refractivity contribution >= 4 is 17.3 Å². The second-order valence-corrected chi connectivity index (χ2v) is 5.23. The van der Waals surface area contributed by atoms with E-state index >= 15 is 0 Å². The molecule has 0 aliphatic rings. The summed E-state index contributed by atoms with van der Waals surface area (Å²) in [6.07, 6.45) is 1.44. The zero-order valence-corrected chi connectivity index (χ0v) is 14.1. The average Bonchev–Trinajstić information content (AvgIpc) is 3.21. The number of carbonyl (C=O) groups is 1. The van der Waals surface area contributed by atoms with Gasteiger partial charge < -0.3 is 14.8 Å². The van der Waals surface area contributed by atoms with Gasteiger partial charge in [0.25, 0.3) is 11.6 Å². The molecule has 1 amide bonds. The normalized spacial score (nSPS) is 10.3. The number of methoxy groups -OCH3 is 1. The predicted octanol–water partition coefficient (Wildman–Crippen LogP) is 1.60. The minimum absolute atomic E-state index is 0.138. The van der Waals surface area contributed by atoms with Gasteiger partial charge in [0.15, 0.2) is 6.61 Å². The Balaban J connectivity index is 1.63. The number of benzene rings is 2. The summed E-state index contributed by atoms with van der Waals surface area (Å²) in [5, 5.41) is 24.3. The molecule has 0 spiro atoms. The second kappa shape index (κ2) is 7.91. The summed E-state index contributed by atoms with van der Waals surface area (Å²) in [7, 11) is 1.36. The molecule has 3 aromatic rings. The van der Waals surface area contributed by atoms with Gasteiger partial charge in [-0.3, -0.25) is 14.9 Å². The smallest absolute Gasteiger partial charge is 0.273 e. The van der Waals surface area contributed by atoms with Crippen LogP contribution in [-0.2, 0) is 4.79 Å².